The number of hydrogen-bond acceptors (Lipinski definition) is 2. The van der Waals surface area contributed by atoms with E-state index in [1.54, 1.807) is 0 Å². The molecule has 0 N–H and O–H groups in total. The topological polar surface area (TPSA) is 30.7 Å². The Kier molecular flexibility index (Phi) is 3.20. The molecule has 0 amide bonds. The molecule has 3 nitrogen and oxygen atoms in total. The van der Waals surface area contributed by atoms with Crippen LogP contribution in [0.4, 0.5) is 17.6 Å². The van der Waals surface area contributed by atoms with E-state index in [4.69, 9.17) is 6.57 Å². The number of halogens is 4. The number of ether oxygens (including phenoxy) is 1. The Labute approximate surface area is 112 Å². The molecule has 106 valence electrons. The van der Waals surface area contributed by atoms with Gasteiger partial charge < -0.3 is 9.58 Å². The van der Waals surface area contributed by atoms with Gasteiger partial charge in [-0.1, -0.05) is 0 Å². The third-order valence-corrected chi connectivity index (χ3v) is 3.27. The lowest BCUT2D eigenvalue weighted by Gasteiger charge is -2.13. The van der Waals surface area contributed by atoms with E-state index in [0.29, 0.717) is 12.1 Å². The number of carbonyl (C=O) groups excluding carboxylic acids is 1. The Morgan fingerprint density at radius 3 is 2.50 bits per heavy atom. The average Bonchev–Trinajstić information content (AvgIpc) is 3.08. The lowest BCUT2D eigenvalue weighted by Crippen LogP contribution is -2.16. The Hall–Kier alpha value is -2.10. The van der Waals surface area contributed by atoms with Gasteiger partial charge in [-0.2, -0.15) is 13.2 Å². The predicted octanol–water partition coefficient (Wildman–Crippen LogP) is 3.35. The summed E-state index contributed by atoms with van der Waals surface area (Å²) in [6.07, 6.45) is -6.43. The van der Waals surface area contributed by atoms with Crippen molar-refractivity contribution in [3.8, 4) is 0 Å². The molecule has 0 saturated heterocycles. The number of carbonyl (C=O) groups is 1. The molecule has 0 aromatic heterocycles. The maximum absolute atomic E-state index is 13.4. The smallest absolute Gasteiger partial charge is 0.416 e. The Morgan fingerprint density at radius 1 is 1.50 bits per heavy atom. The van der Waals surface area contributed by atoms with Gasteiger partial charge in [-0.3, -0.25) is 0 Å². The summed E-state index contributed by atoms with van der Waals surface area (Å²) in [6, 6.07) is 2.29. The van der Waals surface area contributed by atoms with Gasteiger partial charge in [0.15, 0.2) is 6.17 Å². The Morgan fingerprint density at radius 2 is 2.10 bits per heavy atom. The fraction of sp³-hybridized carbons (Fsp3) is 0.385. The summed E-state index contributed by atoms with van der Waals surface area (Å²) in [6.45, 7) is 7.01. The predicted molar refractivity (Wildman–Crippen MR) is 60.6 cm³/mol. The van der Waals surface area contributed by atoms with E-state index in [1.807, 2.05) is 0 Å². The van der Waals surface area contributed by atoms with Gasteiger partial charge >= 0.3 is 12.1 Å². The monoisotopic (exact) mass is 287 g/mol. The van der Waals surface area contributed by atoms with E-state index in [2.05, 4.69) is 9.58 Å². The zero-order valence-electron chi connectivity index (χ0n) is 10.3. The molecule has 0 spiro atoms. The minimum atomic E-state index is -4.63. The molecule has 1 saturated carbocycles. The van der Waals surface area contributed by atoms with Crippen LogP contribution in [0.5, 0.6) is 0 Å². The van der Waals surface area contributed by atoms with Crippen molar-refractivity contribution in [2.24, 2.45) is 0 Å². The molecule has 1 aromatic carbocycles. The fourth-order valence-electron chi connectivity index (χ4n) is 2.04. The van der Waals surface area contributed by atoms with Crippen molar-refractivity contribution in [1.82, 2.24) is 0 Å². The number of rotatable bonds is 2. The third-order valence-electron chi connectivity index (χ3n) is 3.27. The highest BCUT2D eigenvalue weighted by Crippen LogP contribution is 2.54. The minimum absolute atomic E-state index is 0.211. The second-order valence-corrected chi connectivity index (χ2v) is 4.46. The summed E-state index contributed by atoms with van der Waals surface area (Å²) >= 11 is 0. The molecule has 2 rings (SSSR count). The summed E-state index contributed by atoms with van der Waals surface area (Å²) in [5, 5.41) is 0. The van der Waals surface area contributed by atoms with Gasteiger partial charge in [-0.15, -0.1) is 0 Å². The highest BCUT2D eigenvalue weighted by molar-refractivity contribution is 5.92. The van der Waals surface area contributed by atoms with Crippen LogP contribution in [0.2, 0.25) is 0 Å². The Bertz CT molecular complexity index is 605. The van der Waals surface area contributed by atoms with E-state index in [0.717, 1.165) is 13.2 Å². The summed E-state index contributed by atoms with van der Waals surface area (Å²) in [7, 11) is 1.06. The van der Waals surface area contributed by atoms with Crippen LogP contribution >= 0.6 is 0 Å². The molecule has 2 unspecified atom stereocenters. The van der Waals surface area contributed by atoms with E-state index in [-0.39, 0.29) is 17.5 Å². The number of hydrogen-bond donors (Lipinski definition) is 0. The zero-order valence-corrected chi connectivity index (χ0v) is 10.3. The van der Waals surface area contributed by atoms with Gasteiger partial charge in [0.25, 0.3) is 5.54 Å². The number of benzene rings is 1. The molecule has 20 heavy (non-hydrogen) atoms. The second-order valence-electron chi connectivity index (χ2n) is 4.46. The molecule has 2 atom stereocenters. The largest absolute Gasteiger partial charge is 0.465 e. The van der Waals surface area contributed by atoms with Crippen molar-refractivity contribution < 1.29 is 27.1 Å². The van der Waals surface area contributed by atoms with Crippen LogP contribution in [0.25, 0.3) is 4.85 Å². The maximum atomic E-state index is 13.4. The van der Waals surface area contributed by atoms with Crippen LogP contribution in [0.15, 0.2) is 18.2 Å². The van der Waals surface area contributed by atoms with Gasteiger partial charge in [-0.05, 0) is 18.2 Å². The molecule has 0 bridgehead atoms. The van der Waals surface area contributed by atoms with E-state index in [1.165, 1.54) is 0 Å². The first kappa shape index (κ1) is 14.3. The Balaban J connectivity index is 2.62. The van der Waals surface area contributed by atoms with Crippen molar-refractivity contribution in [2.45, 2.75) is 24.3 Å². The quantitative estimate of drug-likeness (QED) is 0.474. The van der Waals surface area contributed by atoms with Gasteiger partial charge in [0.2, 0.25) is 0 Å². The van der Waals surface area contributed by atoms with Gasteiger partial charge in [0.1, 0.15) is 0 Å². The number of methoxy groups -OCH3 is 1. The van der Waals surface area contributed by atoms with Crippen LogP contribution in [0, 0.1) is 6.57 Å². The summed E-state index contributed by atoms with van der Waals surface area (Å²) in [4.78, 5) is 14.6. The standard InChI is InChI=1S/C13H9F4NO2/c1-18-12(6-10(12)14)9-5-7(13(15,16)17)3-4-8(9)11(19)20-2/h3-5,10H,6H2,2H3. The number of alkyl halides is 4. The third kappa shape index (κ3) is 2.11. The summed E-state index contributed by atoms with van der Waals surface area (Å²) in [5.41, 5.74) is -3.20. The van der Waals surface area contributed by atoms with Gasteiger partial charge in [-0.25, -0.2) is 15.8 Å². The number of esters is 1. The average molecular weight is 287 g/mol. The first-order valence-corrected chi connectivity index (χ1v) is 5.59. The fourth-order valence-corrected chi connectivity index (χ4v) is 2.04. The molecule has 0 aliphatic heterocycles. The first-order chi connectivity index (χ1) is 9.26. The lowest BCUT2D eigenvalue weighted by atomic mass is 9.95. The van der Waals surface area contributed by atoms with E-state index in [9.17, 15) is 22.4 Å². The van der Waals surface area contributed by atoms with Crippen molar-refractivity contribution in [2.75, 3.05) is 7.11 Å². The van der Waals surface area contributed by atoms with Crippen molar-refractivity contribution in [1.29, 1.82) is 0 Å². The lowest BCUT2D eigenvalue weighted by molar-refractivity contribution is -0.137. The minimum Gasteiger partial charge on any atom is -0.465 e. The highest BCUT2D eigenvalue weighted by Gasteiger charge is 2.66. The van der Waals surface area contributed by atoms with Gasteiger partial charge in [0.05, 0.1) is 30.2 Å². The molecule has 0 radical (unpaired) electrons. The van der Waals surface area contributed by atoms with Crippen LogP contribution in [-0.2, 0) is 16.5 Å². The molecule has 1 aliphatic rings. The highest BCUT2D eigenvalue weighted by atomic mass is 19.4. The molecular weight excluding hydrogens is 278 g/mol. The SMILES string of the molecule is [C-]#[N+]C1(c2cc(C(F)(F)F)ccc2C(=O)OC)CC1F. The van der Waals surface area contributed by atoms with Crippen LogP contribution in [0.3, 0.4) is 0 Å². The molecule has 1 fully saturated rings. The first-order valence-electron chi connectivity index (χ1n) is 5.59. The van der Waals surface area contributed by atoms with Crippen molar-refractivity contribution >= 4 is 5.97 Å². The van der Waals surface area contributed by atoms with Gasteiger partial charge in [0, 0.05) is 0 Å². The molecule has 0 heterocycles. The molecule has 1 aromatic rings. The summed E-state index contributed by atoms with van der Waals surface area (Å²) in [5.74, 6) is -0.893. The van der Waals surface area contributed by atoms with Crippen LogP contribution in [0.1, 0.15) is 27.9 Å². The normalized spacial score (nSPS) is 24.9. The van der Waals surface area contributed by atoms with E-state index < -0.39 is 29.4 Å². The molecular formula is C13H9F4NO2. The second kappa shape index (κ2) is 4.47. The zero-order chi connectivity index (χ0) is 15.1. The molecule has 1 aliphatic carbocycles. The van der Waals surface area contributed by atoms with Crippen molar-refractivity contribution in [3.05, 3.63) is 46.3 Å². The van der Waals surface area contributed by atoms with E-state index >= 15 is 0 Å². The van der Waals surface area contributed by atoms with Crippen LogP contribution < -0.4 is 0 Å². The maximum Gasteiger partial charge on any atom is 0.416 e. The number of nitrogens with zero attached hydrogens (tertiary/aromatic N) is 1. The van der Waals surface area contributed by atoms with Crippen molar-refractivity contribution in [3.63, 3.8) is 0 Å². The van der Waals surface area contributed by atoms with Crippen LogP contribution in [-0.4, -0.2) is 19.3 Å². The summed E-state index contributed by atoms with van der Waals surface area (Å²) < 4.78 is 56.0. The molecule has 7 heteroatoms.